The van der Waals surface area contributed by atoms with Crippen molar-refractivity contribution in [1.29, 1.82) is 0 Å². The molecule has 0 fully saturated rings. The van der Waals surface area contributed by atoms with Gasteiger partial charge in [0.15, 0.2) is 0 Å². The zero-order valence-corrected chi connectivity index (χ0v) is 11.9. The lowest BCUT2D eigenvalue weighted by Crippen LogP contribution is -2.01. The van der Waals surface area contributed by atoms with Gasteiger partial charge in [0.05, 0.1) is 17.6 Å². The summed E-state index contributed by atoms with van der Waals surface area (Å²) in [6.45, 7) is 1.94. The lowest BCUT2D eigenvalue weighted by atomic mass is 10.1. The monoisotopic (exact) mass is 282 g/mol. The number of rotatable bonds is 4. The molecule has 1 unspecified atom stereocenters. The Morgan fingerprint density at radius 3 is 2.72 bits per heavy atom. The summed E-state index contributed by atoms with van der Waals surface area (Å²) in [5.74, 6) is 0.802. The van der Waals surface area contributed by atoms with E-state index in [4.69, 9.17) is 16.3 Å². The average molecular weight is 283 g/mol. The number of aliphatic hydroxyl groups excluding tert-OH is 1. The number of thiophene rings is 1. The van der Waals surface area contributed by atoms with Crippen LogP contribution in [0.1, 0.15) is 22.1 Å². The largest absolute Gasteiger partial charge is 0.496 e. The molecule has 1 aromatic heterocycles. The van der Waals surface area contributed by atoms with Crippen LogP contribution in [-0.2, 0) is 6.42 Å². The Labute approximate surface area is 116 Å². The van der Waals surface area contributed by atoms with Crippen molar-refractivity contribution in [2.24, 2.45) is 0 Å². The molecule has 0 saturated carbocycles. The summed E-state index contributed by atoms with van der Waals surface area (Å²) in [5, 5.41) is 10.2. The first-order chi connectivity index (χ1) is 8.61. The number of aliphatic hydroxyl groups is 1. The predicted molar refractivity (Wildman–Crippen MR) is 75.7 cm³/mol. The second-order valence-electron chi connectivity index (χ2n) is 4.14. The molecule has 1 heterocycles. The minimum Gasteiger partial charge on any atom is -0.496 e. The molecule has 0 spiro atoms. The molecule has 0 aliphatic rings. The number of aryl methyl sites for hydroxylation is 1. The molecule has 1 aromatic carbocycles. The molecule has 4 heteroatoms. The standard InChI is InChI=1S/C14H15ClO2S/c1-9-7-13(18-14(9)15)11(16)8-10-5-3-4-6-12(10)17-2/h3-7,11,16H,8H2,1-2H3. The molecule has 2 aromatic rings. The van der Waals surface area contributed by atoms with Crippen molar-refractivity contribution in [3.05, 3.63) is 50.7 Å². The minimum absolute atomic E-state index is 0.528. The van der Waals surface area contributed by atoms with Crippen molar-refractivity contribution in [2.75, 3.05) is 7.11 Å². The third-order valence-corrected chi connectivity index (χ3v) is 4.47. The molecule has 2 rings (SSSR count). The summed E-state index contributed by atoms with van der Waals surface area (Å²) in [4.78, 5) is 0.892. The van der Waals surface area contributed by atoms with Gasteiger partial charge in [-0.3, -0.25) is 0 Å². The Kier molecular flexibility index (Phi) is 4.27. The third kappa shape index (κ3) is 2.86. The first-order valence-corrected chi connectivity index (χ1v) is 6.87. The van der Waals surface area contributed by atoms with E-state index in [1.807, 2.05) is 37.3 Å². The number of benzene rings is 1. The summed E-state index contributed by atoms with van der Waals surface area (Å²) < 4.78 is 6.02. The van der Waals surface area contributed by atoms with Crippen molar-refractivity contribution in [3.8, 4) is 5.75 Å². The highest BCUT2D eigenvalue weighted by Crippen LogP contribution is 2.33. The third-order valence-electron chi connectivity index (χ3n) is 2.81. The fraction of sp³-hybridized carbons (Fsp3) is 0.286. The smallest absolute Gasteiger partial charge is 0.122 e. The van der Waals surface area contributed by atoms with Crippen LogP contribution in [0.5, 0.6) is 5.75 Å². The van der Waals surface area contributed by atoms with Crippen LogP contribution in [0.4, 0.5) is 0 Å². The highest BCUT2D eigenvalue weighted by Gasteiger charge is 2.15. The van der Waals surface area contributed by atoms with Crippen LogP contribution in [0.15, 0.2) is 30.3 Å². The van der Waals surface area contributed by atoms with Crippen molar-refractivity contribution < 1.29 is 9.84 Å². The minimum atomic E-state index is -0.544. The lowest BCUT2D eigenvalue weighted by molar-refractivity contribution is 0.181. The van der Waals surface area contributed by atoms with Gasteiger partial charge in [-0.2, -0.15) is 0 Å². The SMILES string of the molecule is COc1ccccc1CC(O)c1cc(C)c(Cl)s1. The molecule has 2 nitrogen and oxygen atoms in total. The number of para-hydroxylation sites is 1. The number of hydrogen-bond acceptors (Lipinski definition) is 3. The van der Waals surface area contributed by atoms with E-state index in [1.54, 1.807) is 7.11 Å². The fourth-order valence-corrected chi connectivity index (χ4v) is 3.03. The van der Waals surface area contributed by atoms with Gasteiger partial charge in [-0.15, -0.1) is 11.3 Å². The van der Waals surface area contributed by atoms with Crippen LogP contribution in [-0.4, -0.2) is 12.2 Å². The van der Waals surface area contributed by atoms with Gasteiger partial charge in [0.2, 0.25) is 0 Å². The van der Waals surface area contributed by atoms with Crippen LogP contribution in [0.25, 0.3) is 0 Å². The molecule has 0 aliphatic heterocycles. The summed E-state index contributed by atoms with van der Waals surface area (Å²) in [6.07, 6.45) is -0.0159. The van der Waals surface area contributed by atoms with E-state index >= 15 is 0 Å². The molecule has 0 aliphatic carbocycles. The van der Waals surface area contributed by atoms with Gasteiger partial charge in [-0.25, -0.2) is 0 Å². The normalized spacial score (nSPS) is 12.4. The Hall–Kier alpha value is -1.03. The quantitative estimate of drug-likeness (QED) is 0.919. The number of methoxy groups -OCH3 is 1. The first-order valence-electron chi connectivity index (χ1n) is 5.67. The van der Waals surface area contributed by atoms with E-state index < -0.39 is 6.10 Å². The number of ether oxygens (including phenoxy) is 1. The summed E-state index contributed by atoms with van der Waals surface area (Å²) >= 11 is 7.45. The van der Waals surface area contributed by atoms with Crippen LogP contribution in [0.3, 0.4) is 0 Å². The van der Waals surface area contributed by atoms with Crippen LogP contribution >= 0.6 is 22.9 Å². The van der Waals surface area contributed by atoms with E-state index in [0.717, 1.165) is 26.1 Å². The average Bonchev–Trinajstić information content (AvgIpc) is 2.70. The fourth-order valence-electron chi connectivity index (χ4n) is 1.83. The molecule has 96 valence electrons. The highest BCUT2D eigenvalue weighted by molar-refractivity contribution is 7.16. The zero-order valence-electron chi connectivity index (χ0n) is 10.3. The molecule has 0 radical (unpaired) electrons. The van der Waals surface area contributed by atoms with Crippen LogP contribution in [0.2, 0.25) is 4.34 Å². The second-order valence-corrected chi connectivity index (χ2v) is 5.82. The van der Waals surface area contributed by atoms with Crippen molar-refractivity contribution >= 4 is 22.9 Å². The molecule has 1 N–H and O–H groups in total. The second kappa shape index (κ2) is 5.74. The Bertz CT molecular complexity index is 517. The van der Waals surface area contributed by atoms with Gasteiger partial charge in [-0.05, 0) is 30.2 Å². The predicted octanol–water partition coefficient (Wildman–Crippen LogP) is 3.99. The summed E-state index contributed by atoms with van der Waals surface area (Å²) in [7, 11) is 1.64. The maximum atomic E-state index is 10.2. The van der Waals surface area contributed by atoms with Crippen molar-refractivity contribution in [3.63, 3.8) is 0 Å². The molecular formula is C14H15ClO2S. The molecule has 0 bridgehead atoms. The highest BCUT2D eigenvalue weighted by atomic mass is 35.5. The van der Waals surface area contributed by atoms with E-state index in [9.17, 15) is 5.11 Å². The van der Waals surface area contributed by atoms with E-state index in [1.165, 1.54) is 11.3 Å². The van der Waals surface area contributed by atoms with E-state index in [0.29, 0.717) is 6.42 Å². The maximum absolute atomic E-state index is 10.2. The van der Waals surface area contributed by atoms with Gasteiger partial charge in [0, 0.05) is 11.3 Å². The lowest BCUT2D eigenvalue weighted by Gasteiger charge is -2.11. The van der Waals surface area contributed by atoms with Crippen molar-refractivity contribution in [2.45, 2.75) is 19.4 Å². The maximum Gasteiger partial charge on any atom is 0.122 e. The number of halogens is 1. The zero-order chi connectivity index (χ0) is 13.1. The van der Waals surface area contributed by atoms with Crippen LogP contribution in [0, 0.1) is 6.92 Å². The van der Waals surface area contributed by atoms with Gasteiger partial charge in [0.1, 0.15) is 5.75 Å². The topological polar surface area (TPSA) is 29.5 Å². The molecule has 0 amide bonds. The summed E-state index contributed by atoms with van der Waals surface area (Å²) in [5.41, 5.74) is 2.01. The Morgan fingerprint density at radius 1 is 1.39 bits per heavy atom. The molecule has 1 atom stereocenters. The van der Waals surface area contributed by atoms with E-state index in [2.05, 4.69) is 0 Å². The first kappa shape index (κ1) is 13.4. The van der Waals surface area contributed by atoms with Gasteiger partial charge < -0.3 is 9.84 Å². The van der Waals surface area contributed by atoms with Gasteiger partial charge in [0.25, 0.3) is 0 Å². The Morgan fingerprint density at radius 2 is 2.11 bits per heavy atom. The summed E-state index contributed by atoms with van der Waals surface area (Å²) in [6, 6.07) is 9.66. The van der Waals surface area contributed by atoms with Gasteiger partial charge in [-0.1, -0.05) is 29.8 Å². The molecule has 18 heavy (non-hydrogen) atoms. The van der Waals surface area contributed by atoms with E-state index in [-0.39, 0.29) is 0 Å². The number of hydrogen-bond donors (Lipinski definition) is 1. The van der Waals surface area contributed by atoms with Gasteiger partial charge >= 0.3 is 0 Å². The molecular weight excluding hydrogens is 268 g/mol. The van der Waals surface area contributed by atoms with Crippen LogP contribution < -0.4 is 4.74 Å². The molecule has 0 saturated heterocycles. The van der Waals surface area contributed by atoms with Crippen molar-refractivity contribution in [1.82, 2.24) is 0 Å². The Balaban J connectivity index is 2.18.